The zero-order chi connectivity index (χ0) is 12.3. The van der Waals surface area contributed by atoms with Crippen molar-refractivity contribution in [2.45, 2.75) is 6.54 Å². The summed E-state index contributed by atoms with van der Waals surface area (Å²) in [5, 5.41) is 3.15. The van der Waals surface area contributed by atoms with Crippen molar-refractivity contribution in [3.63, 3.8) is 0 Å². The van der Waals surface area contributed by atoms with Crippen LogP contribution < -0.4 is 5.32 Å². The summed E-state index contributed by atoms with van der Waals surface area (Å²) in [4.78, 5) is 15.6. The zero-order valence-corrected chi connectivity index (χ0v) is 10.1. The fourth-order valence-corrected chi connectivity index (χ4v) is 1.58. The van der Waals surface area contributed by atoms with Gasteiger partial charge in [-0.2, -0.15) is 0 Å². The molecule has 0 radical (unpaired) electrons. The first-order valence-electron chi connectivity index (χ1n) is 4.78. The van der Waals surface area contributed by atoms with Gasteiger partial charge in [-0.25, -0.2) is 4.98 Å². The van der Waals surface area contributed by atoms with Gasteiger partial charge in [-0.1, -0.05) is 23.2 Å². The van der Waals surface area contributed by atoms with Crippen molar-refractivity contribution in [3.05, 3.63) is 52.2 Å². The molecule has 0 bridgehead atoms. The third-order valence-corrected chi connectivity index (χ3v) is 2.58. The molecule has 88 valence electrons. The third-order valence-electron chi connectivity index (χ3n) is 2.06. The van der Waals surface area contributed by atoms with Gasteiger partial charge in [0, 0.05) is 12.1 Å². The lowest BCUT2D eigenvalue weighted by atomic mass is 10.3. The quantitative estimate of drug-likeness (QED) is 0.873. The molecule has 0 unspecified atom stereocenters. The maximum absolute atomic E-state index is 11.8. The Morgan fingerprint density at radius 1 is 1.35 bits per heavy atom. The van der Waals surface area contributed by atoms with Crippen LogP contribution in [0, 0.1) is 0 Å². The van der Waals surface area contributed by atoms with Gasteiger partial charge in [0.05, 0.1) is 17.5 Å². The molecule has 0 fully saturated rings. The van der Waals surface area contributed by atoms with E-state index in [1.807, 2.05) is 0 Å². The minimum Gasteiger partial charge on any atom is -0.472 e. The fourth-order valence-electron chi connectivity index (χ4n) is 1.24. The Labute approximate surface area is 108 Å². The minimum absolute atomic E-state index is 0.114. The highest BCUT2D eigenvalue weighted by molar-refractivity contribution is 6.34. The molecule has 0 spiro atoms. The molecule has 6 heteroatoms. The van der Waals surface area contributed by atoms with Crippen molar-refractivity contribution < 1.29 is 9.21 Å². The largest absolute Gasteiger partial charge is 0.472 e. The monoisotopic (exact) mass is 270 g/mol. The van der Waals surface area contributed by atoms with Crippen LogP contribution in [0.1, 0.15) is 16.1 Å². The minimum atomic E-state index is -0.376. The van der Waals surface area contributed by atoms with Crippen molar-refractivity contribution in [1.29, 1.82) is 0 Å². The van der Waals surface area contributed by atoms with E-state index in [1.54, 1.807) is 12.3 Å². The Bertz CT molecular complexity index is 526. The van der Waals surface area contributed by atoms with Crippen LogP contribution in [0.4, 0.5) is 0 Å². The Kier molecular flexibility index (Phi) is 3.66. The molecule has 2 aromatic heterocycles. The van der Waals surface area contributed by atoms with Crippen molar-refractivity contribution in [2.24, 2.45) is 0 Å². The molecule has 1 amide bonds. The molecule has 1 N–H and O–H groups in total. The van der Waals surface area contributed by atoms with Gasteiger partial charge in [0.2, 0.25) is 0 Å². The molecular weight excluding hydrogens is 263 g/mol. The van der Waals surface area contributed by atoms with Crippen molar-refractivity contribution in [1.82, 2.24) is 10.3 Å². The van der Waals surface area contributed by atoms with Crippen molar-refractivity contribution in [2.75, 3.05) is 0 Å². The number of furan rings is 1. The van der Waals surface area contributed by atoms with Crippen LogP contribution in [0.2, 0.25) is 10.2 Å². The van der Waals surface area contributed by atoms with Crippen LogP contribution in [0.3, 0.4) is 0 Å². The molecule has 17 heavy (non-hydrogen) atoms. The number of halogens is 2. The van der Waals surface area contributed by atoms with Gasteiger partial charge in [-0.3, -0.25) is 4.79 Å². The highest BCUT2D eigenvalue weighted by Crippen LogP contribution is 2.16. The maximum Gasteiger partial charge on any atom is 0.271 e. The van der Waals surface area contributed by atoms with Crippen LogP contribution in [-0.4, -0.2) is 10.9 Å². The van der Waals surface area contributed by atoms with Crippen molar-refractivity contribution in [3.8, 4) is 0 Å². The average Bonchev–Trinajstić information content (AvgIpc) is 2.82. The van der Waals surface area contributed by atoms with E-state index in [2.05, 4.69) is 10.3 Å². The van der Waals surface area contributed by atoms with E-state index in [9.17, 15) is 4.79 Å². The number of carbonyl (C=O) groups is 1. The van der Waals surface area contributed by atoms with Crippen LogP contribution in [-0.2, 0) is 6.54 Å². The second-order valence-electron chi connectivity index (χ2n) is 3.28. The highest BCUT2D eigenvalue weighted by atomic mass is 35.5. The molecule has 0 aliphatic rings. The smallest absolute Gasteiger partial charge is 0.271 e. The summed E-state index contributed by atoms with van der Waals surface area (Å²) >= 11 is 11.5. The van der Waals surface area contributed by atoms with Gasteiger partial charge in [0.1, 0.15) is 10.8 Å². The summed E-state index contributed by atoms with van der Waals surface area (Å²) in [7, 11) is 0. The van der Waals surface area contributed by atoms with Gasteiger partial charge in [-0.05, 0) is 18.2 Å². The molecule has 4 nitrogen and oxygen atoms in total. The van der Waals surface area contributed by atoms with Gasteiger partial charge >= 0.3 is 0 Å². The highest BCUT2D eigenvalue weighted by Gasteiger charge is 2.12. The lowest BCUT2D eigenvalue weighted by Crippen LogP contribution is -2.24. The maximum atomic E-state index is 11.8. The first kappa shape index (κ1) is 12.0. The predicted octanol–water partition coefficient (Wildman–Crippen LogP) is 2.91. The van der Waals surface area contributed by atoms with Gasteiger partial charge in [-0.15, -0.1) is 0 Å². The number of pyridine rings is 1. The Hall–Kier alpha value is -1.52. The van der Waals surface area contributed by atoms with E-state index < -0.39 is 0 Å². The summed E-state index contributed by atoms with van der Waals surface area (Å²) in [5.41, 5.74) is 0.971. The van der Waals surface area contributed by atoms with Crippen LogP contribution in [0.25, 0.3) is 0 Å². The van der Waals surface area contributed by atoms with Crippen LogP contribution in [0.5, 0.6) is 0 Å². The predicted molar refractivity (Wildman–Crippen MR) is 64.1 cm³/mol. The van der Waals surface area contributed by atoms with Crippen LogP contribution >= 0.6 is 23.2 Å². The molecule has 0 saturated carbocycles. The third kappa shape index (κ3) is 2.99. The average molecular weight is 271 g/mol. The Morgan fingerprint density at radius 2 is 2.18 bits per heavy atom. The number of rotatable bonds is 3. The summed E-state index contributed by atoms with van der Waals surface area (Å²) in [5.74, 6) is -0.376. The first-order valence-corrected chi connectivity index (χ1v) is 5.54. The van der Waals surface area contributed by atoms with E-state index >= 15 is 0 Å². The molecule has 0 aliphatic carbocycles. The lowest BCUT2D eigenvalue weighted by molar-refractivity contribution is 0.0946. The number of hydrogen-bond acceptors (Lipinski definition) is 3. The topological polar surface area (TPSA) is 55.1 Å². The normalized spacial score (nSPS) is 10.2. The second kappa shape index (κ2) is 5.21. The van der Waals surface area contributed by atoms with E-state index in [-0.39, 0.29) is 21.8 Å². The standard InChI is InChI=1S/C11H8Cl2N2O2/c12-8-1-2-9(13)15-10(8)11(16)14-5-7-3-4-17-6-7/h1-4,6H,5H2,(H,14,16). The van der Waals surface area contributed by atoms with E-state index in [1.165, 1.54) is 18.4 Å². The molecular formula is C11H8Cl2N2O2. The molecule has 0 atom stereocenters. The van der Waals surface area contributed by atoms with Gasteiger partial charge < -0.3 is 9.73 Å². The fraction of sp³-hybridized carbons (Fsp3) is 0.0909. The SMILES string of the molecule is O=C(NCc1ccoc1)c1nc(Cl)ccc1Cl. The number of nitrogens with one attached hydrogen (secondary N) is 1. The van der Waals surface area contributed by atoms with Gasteiger partial charge in [0.25, 0.3) is 5.91 Å². The summed E-state index contributed by atoms with van der Waals surface area (Å²) < 4.78 is 4.88. The molecule has 0 aliphatic heterocycles. The van der Waals surface area contributed by atoms with Crippen molar-refractivity contribution >= 4 is 29.1 Å². The van der Waals surface area contributed by atoms with E-state index in [4.69, 9.17) is 27.6 Å². The molecule has 2 rings (SSSR count). The van der Waals surface area contributed by atoms with E-state index in [0.717, 1.165) is 5.56 Å². The number of amides is 1. The summed E-state index contributed by atoms with van der Waals surface area (Å²) in [6, 6.07) is 4.81. The summed E-state index contributed by atoms with van der Waals surface area (Å²) in [6.45, 7) is 0.347. The van der Waals surface area contributed by atoms with Crippen LogP contribution in [0.15, 0.2) is 35.1 Å². The second-order valence-corrected chi connectivity index (χ2v) is 4.07. The van der Waals surface area contributed by atoms with E-state index in [0.29, 0.717) is 6.54 Å². The zero-order valence-electron chi connectivity index (χ0n) is 8.61. The Morgan fingerprint density at radius 3 is 2.88 bits per heavy atom. The number of nitrogens with zero attached hydrogens (tertiary/aromatic N) is 1. The molecule has 2 aromatic rings. The number of carbonyl (C=O) groups excluding carboxylic acids is 1. The molecule has 0 aromatic carbocycles. The number of aromatic nitrogens is 1. The Balaban J connectivity index is 2.07. The molecule has 0 saturated heterocycles. The summed E-state index contributed by atoms with van der Waals surface area (Å²) in [6.07, 6.45) is 3.08. The first-order chi connectivity index (χ1) is 8.16. The van der Waals surface area contributed by atoms with Gasteiger partial charge in [0.15, 0.2) is 0 Å². The number of hydrogen-bond donors (Lipinski definition) is 1. The molecule has 2 heterocycles. The lowest BCUT2D eigenvalue weighted by Gasteiger charge is -2.04.